The molecule has 0 aliphatic carbocycles. The van der Waals surface area contributed by atoms with Crippen LogP contribution in [0.4, 0.5) is 17.1 Å². The molecular formula is C36H39N3O5S. The number of thioether (sulfide) groups is 1. The van der Waals surface area contributed by atoms with Gasteiger partial charge in [0.25, 0.3) is 0 Å². The Labute approximate surface area is 268 Å². The number of anilines is 3. The molecule has 0 aromatic heterocycles. The lowest BCUT2D eigenvalue weighted by Crippen LogP contribution is -2.31. The predicted octanol–water partition coefficient (Wildman–Crippen LogP) is 7.24. The molecule has 2 amide bonds. The standard InChI is InChI=1S/C36H39N3O5S/c37-31-13-4-5-14-32(31)39-35(42)16-7-6-15-34(41)38-28-10-8-9-27(21-28)36-43-29(24-45-30-11-2-1-3-12-30)22-33(44-36)26-19-17-25(23-40)18-20-26/h1-5,8-14,17-21,29,33,36,40H,6-7,15-16,22-24,37H2,(H,38,41)(H,39,42)/t29-,33+,36+/m1/s1. The zero-order chi connectivity index (χ0) is 31.4. The van der Waals surface area contributed by atoms with Crippen molar-refractivity contribution in [2.75, 3.05) is 22.1 Å². The van der Waals surface area contributed by atoms with Gasteiger partial charge in [-0.3, -0.25) is 9.59 Å². The van der Waals surface area contributed by atoms with Gasteiger partial charge in [0.1, 0.15) is 0 Å². The van der Waals surface area contributed by atoms with Crippen molar-refractivity contribution in [1.29, 1.82) is 0 Å². The van der Waals surface area contributed by atoms with Crippen LogP contribution in [0.3, 0.4) is 0 Å². The third-order valence-electron chi connectivity index (χ3n) is 7.53. The van der Waals surface area contributed by atoms with Gasteiger partial charge in [-0.1, -0.05) is 66.7 Å². The molecule has 4 aromatic carbocycles. The number of aliphatic hydroxyl groups excluding tert-OH is 1. The molecule has 0 unspecified atom stereocenters. The van der Waals surface area contributed by atoms with E-state index in [1.165, 1.54) is 4.90 Å². The fourth-order valence-electron chi connectivity index (χ4n) is 5.11. The first kappa shape index (κ1) is 32.2. The van der Waals surface area contributed by atoms with Crippen LogP contribution in [-0.4, -0.2) is 28.8 Å². The van der Waals surface area contributed by atoms with Crippen LogP contribution in [0.2, 0.25) is 0 Å². The summed E-state index contributed by atoms with van der Waals surface area (Å²) in [6, 6.07) is 32.8. The zero-order valence-electron chi connectivity index (χ0n) is 25.1. The Morgan fingerprint density at radius 1 is 0.800 bits per heavy atom. The molecule has 1 aliphatic rings. The Bertz CT molecular complexity index is 1550. The number of aliphatic hydroxyl groups is 1. The molecule has 1 aliphatic heterocycles. The van der Waals surface area contributed by atoms with Crippen LogP contribution in [-0.2, 0) is 25.7 Å². The summed E-state index contributed by atoms with van der Waals surface area (Å²) in [6.45, 7) is -0.00839. The molecule has 0 radical (unpaired) electrons. The van der Waals surface area contributed by atoms with E-state index in [1.54, 1.807) is 23.9 Å². The number of nitrogens with one attached hydrogen (secondary N) is 2. The number of nitrogens with two attached hydrogens (primary N) is 1. The average Bonchev–Trinajstić information content (AvgIpc) is 3.07. The molecule has 0 spiro atoms. The summed E-state index contributed by atoms with van der Waals surface area (Å²) in [4.78, 5) is 26.2. The molecule has 0 bridgehead atoms. The lowest BCUT2D eigenvalue weighted by Gasteiger charge is -2.36. The van der Waals surface area contributed by atoms with Gasteiger partial charge in [0, 0.05) is 41.2 Å². The second-order valence-corrected chi connectivity index (χ2v) is 12.1. The Hall–Kier alpha value is -4.15. The fraction of sp³-hybridized carbons (Fsp3) is 0.278. The van der Waals surface area contributed by atoms with Crippen molar-refractivity contribution < 1.29 is 24.2 Å². The molecule has 1 heterocycles. The summed E-state index contributed by atoms with van der Waals surface area (Å²) in [7, 11) is 0. The second-order valence-electron chi connectivity index (χ2n) is 11.0. The Kier molecular flexibility index (Phi) is 11.6. The lowest BCUT2D eigenvalue weighted by atomic mass is 10.0. The fourth-order valence-corrected chi connectivity index (χ4v) is 6.05. The molecule has 8 nitrogen and oxygen atoms in total. The minimum atomic E-state index is -0.614. The first-order chi connectivity index (χ1) is 22.0. The number of carbonyl (C=O) groups excluding carboxylic acids is 2. The van der Waals surface area contributed by atoms with Crippen LogP contribution in [0.15, 0.2) is 108 Å². The van der Waals surface area contributed by atoms with E-state index in [9.17, 15) is 14.7 Å². The quantitative estimate of drug-likeness (QED) is 0.0702. The van der Waals surface area contributed by atoms with E-state index in [4.69, 9.17) is 15.2 Å². The molecule has 5 N–H and O–H groups in total. The van der Waals surface area contributed by atoms with Crippen molar-refractivity contribution >= 4 is 40.6 Å². The maximum atomic E-state index is 12.7. The van der Waals surface area contributed by atoms with Crippen molar-refractivity contribution in [3.8, 4) is 0 Å². The minimum Gasteiger partial charge on any atom is -0.397 e. The number of amides is 2. The predicted molar refractivity (Wildman–Crippen MR) is 179 cm³/mol. The number of nitrogen functional groups attached to an aromatic ring is 1. The molecule has 0 saturated carbocycles. The summed E-state index contributed by atoms with van der Waals surface area (Å²) < 4.78 is 12.9. The third-order valence-corrected chi connectivity index (χ3v) is 8.67. The minimum absolute atomic E-state index is 0.00839. The molecule has 4 aromatic rings. The number of benzene rings is 4. The average molecular weight is 626 g/mol. The Morgan fingerprint density at radius 2 is 1.51 bits per heavy atom. The zero-order valence-corrected chi connectivity index (χ0v) is 25.9. The molecule has 45 heavy (non-hydrogen) atoms. The van der Waals surface area contributed by atoms with Crippen LogP contribution < -0.4 is 16.4 Å². The topological polar surface area (TPSA) is 123 Å². The number of rotatable bonds is 13. The van der Waals surface area contributed by atoms with Crippen LogP contribution in [0.25, 0.3) is 0 Å². The van der Waals surface area contributed by atoms with Crippen LogP contribution >= 0.6 is 11.8 Å². The number of hydrogen-bond acceptors (Lipinski definition) is 7. The van der Waals surface area contributed by atoms with Crippen molar-refractivity contribution in [3.05, 3.63) is 120 Å². The number of unbranched alkanes of at least 4 members (excludes halogenated alkanes) is 1. The van der Waals surface area contributed by atoms with E-state index in [2.05, 4.69) is 22.8 Å². The molecule has 1 saturated heterocycles. The first-order valence-corrected chi connectivity index (χ1v) is 16.2. The van der Waals surface area contributed by atoms with Gasteiger partial charge in [0.15, 0.2) is 6.29 Å². The summed E-state index contributed by atoms with van der Waals surface area (Å²) in [5.41, 5.74) is 10.4. The summed E-state index contributed by atoms with van der Waals surface area (Å²) in [5, 5.41) is 15.3. The van der Waals surface area contributed by atoms with Gasteiger partial charge < -0.3 is 30.9 Å². The Morgan fingerprint density at radius 3 is 2.24 bits per heavy atom. The summed E-state index contributed by atoms with van der Waals surface area (Å²) >= 11 is 1.75. The van der Waals surface area contributed by atoms with E-state index < -0.39 is 6.29 Å². The highest BCUT2D eigenvalue weighted by molar-refractivity contribution is 7.99. The monoisotopic (exact) mass is 625 g/mol. The van der Waals surface area contributed by atoms with Crippen LogP contribution in [0, 0.1) is 0 Å². The SMILES string of the molecule is Nc1ccccc1NC(=O)CCCCC(=O)Nc1cccc([C@H]2O[C@@H](CSc3ccccc3)C[C@@H](c3ccc(CO)cc3)O2)c1. The van der Waals surface area contributed by atoms with E-state index >= 15 is 0 Å². The van der Waals surface area contributed by atoms with Crippen LogP contribution in [0.5, 0.6) is 0 Å². The molecular weight excluding hydrogens is 586 g/mol. The largest absolute Gasteiger partial charge is 0.397 e. The number of para-hydroxylation sites is 2. The van der Waals surface area contributed by atoms with Gasteiger partial charge in [-0.25, -0.2) is 0 Å². The third kappa shape index (κ3) is 9.67. The van der Waals surface area contributed by atoms with Gasteiger partial charge in [-0.15, -0.1) is 11.8 Å². The first-order valence-electron chi connectivity index (χ1n) is 15.2. The van der Waals surface area contributed by atoms with Crippen molar-refractivity contribution in [3.63, 3.8) is 0 Å². The molecule has 1 fully saturated rings. The van der Waals surface area contributed by atoms with Crippen molar-refractivity contribution in [2.45, 2.75) is 62.1 Å². The molecule has 9 heteroatoms. The Balaban J connectivity index is 1.17. The summed E-state index contributed by atoms with van der Waals surface area (Å²) in [5.74, 6) is 0.517. The van der Waals surface area contributed by atoms with Gasteiger partial charge in [-0.2, -0.15) is 0 Å². The molecule has 234 valence electrons. The number of hydrogen-bond donors (Lipinski definition) is 4. The second kappa shape index (κ2) is 16.2. The maximum absolute atomic E-state index is 12.7. The highest BCUT2D eigenvalue weighted by Crippen LogP contribution is 2.40. The van der Waals surface area contributed by atoms with Crippen molar-refractivity contribution in [1.82, 2.24) is 0 Å². The van der Waals surface area contributed by atoms with Gasteiger partial charge in [-0.05, 0) is 60.4 Å². The highest BCUT2D eigenvalue weighted by Gasteiger charge is 2.32. The van der Waals surface area contributed by atoms with Crippen LogP contribution in [0.1, 0.15) is 61.2 Å². The van der Waals surface area contributed by atoms with Gasteiger partial charge >= 0.3 is 0 Å². The maximum Gasteiger partial charge on any atom is 0.224 e. The van der Waals surface area contributed by atoms with E-state index in [1.807, 2.05) is 78.9 Å². The summed E-state index contributed by atoms with van der Waals surface area (Å²) in [6.07, 6.45) is 1.59. The van der Waals surface area contributed by atoms with Gasteiger partial charge in [0.05, 0.1) is 30.2 Å². The van der Waals surface area contributed by atoms with E-state index in [0.29, 0.717) is 49.2 Å². The highest BCUT2D eigenvalue weighted by atomic mass is 32.2. The normalized spacial score (nSPS) is 17.8. The van der Waals surface area contributed by atoms with Crippen molar-refractivity contribution in [2.24, 2.45) is 0 Å². The molecule has 3 atom stereocenters. The van der Waals surface area contributed by atoms with Gasteiger partial charge in [0.2, 0.25) is 11.8 Å². The number of ether oxygens (including phenoxy) is 2. The lowest BCUT2D eigenvalue weighted by molar-refractivity contribution is -0.245. The number of carbonyl (C=O) groups is 2. The van der Waals surface area contributed by atoms with E-state index in [0.717, 1.165) is 22.4 Å². The molecule has 5 rings (SSSR count). The van der Waals surface area contributed by atoms with E-state index in [-0.39, 0.29) is 30.6 Å². The smallest absolute Gasteiger partial charge is 0.224 e.